The fourth-order valence-corrected chi connectivity index (χ4v) is 2.31. The van der Waals surface area contributed by atoms with Crippen LogP contribution in [0.1, 0.15) is 12.8 Å². The molecule has 1 unspecified atom stereocenters. The van der Waals surface area contributed by atoms with Gasteiger partial charge in [-0.05, 0) is 18.8 Å². The van der Waals surface area contributed by atoms with Gasteiger partial charge in [0.05, 0.1) is 18.2 Å². The molecule has 18 heavy (non-hydrogen) atoms. The number of nitrogens with zero attached hydrogens (tertiary/aromatic N) is 4. The summed E-state index contributed by atoms with van der Waals surface area (Å²) in [6.07, 6.45) is 5.74. The Labute approximate surface area is 105 Å². The monoisotopic (exact) mass is 247 g/mol. The van der Waals surface area contributed by atoms with Crippen molar-refractivity contribution in [3.63, 3.8) is 0 Å². The largest absolute Gasteiger partial charge is 0.381 e. The van der Waals surface area contributed by atoms with E-state index >= 15 is 0 Å². The quantitative estimate of drug-likeness (QED) is 0.883. The molecule has 2 aromatic rings. The van der Waals surface area contributed by atoms with Crippen LogP contribution in [-0.4, -0.2) is 39.5 Å². The molecule has 1 aliphatic heterocycles. The first-order valence-corrected chi connectivity index (χ1v) is 6.29. The van der Waals surface area contributed by atoms with E-state index in [2.05, 4.69) is 20.4 Å². The van der Waals surface area contributed by atoms with Gasteiger partial charge in [-0.1, -0.05) is 0 Å². The number of nitrogens with one attached hydrogen (secondary N) is 1. The number of hydrogen-bond donors (Lipinski definition) is 1. The Hall–Kier alpha value is -1.69. The minimum Gasteiger partial charge on any atom is -0.381 e. The Morgan fingerprint density at radius 1 is 1.50 bits per heavy atom. The number of aryl methyl sites for hydroxylation is 1. The summed E-state index contributed by atoms with van der Waals surface area (Å²) in [5.41, 5.74) is 0.854. The third-order valence-corrected chi connectivity index (χ3v) is 3.34. The van der Waals surface area contributed by atoms with E-state index < -0.39 is 0 Å². The van der Waals surface area contributed by atoms with Crippen LogP contribution in [0.25, 0.3) is 11.0 Å². The van der Waals surface area contributed by atoms with E-state index in [0.29, 0.717) is 5.92 Å². The molecule has 6 heteroatoms. The lowest BCUT2D eigenvalue weighted by Crippen LogP contribution is -2.24. The summed E-state index contributed by atoms with van der Waals surface area (Å²) >= 11 is 0. The average molecular weight is 247 g/mol. The molecule has 96 valence electrons. The second-order valence-electron chi connectivity index (χ2n) is 4.69. The van der Waals surface area contributed by atoms with Crippen molar-refractivity contribution in [1.82, 2.24) is 19.7 Å². The van der Waals surface area contributed by atoms with Gasteiger partial charge >= 0.3 is 0 Å². The predicted molar refractivity (Wildman–Crippen MR) is 68.3 cm³/mol. The molecular formula is C12H17N5O. The van der Waals surface area contributed by atoms with Crippen molar-refractivity contribution < 1.29 is 4.74 Å². The lowest BCUT2D eigenvalue weighted by Gasteiger charge is -2.22. The fourth-order valence-electron chi connectivity index (χ4n) is 2.31. The molecule has 0 spiro atoms. The maximum Gasteiger partial charge on any atom is 0.163 e. The van der Waals surface area contributed by atoms with Gasteiger partial charge in [0, 0.05) is 20.2 Å². The van der Waals surface area contributed by atoms with Crippen LogP contribution >= 0.6 is 0 Å². The minimum absolute atomic E-state index is 0.570. The van der Waals surface area contributed by atoms with Crippen molar-refractivity contribution in [3.8, 4) is 0 Å². The highest BCUT2D eigenvalue weighted by atomic mass is 16.5. The van der Waals surface area contributed by atoms with Gasteiger partial charge in [-0.25, -0.2) is 9.97 Å². The van der Waals surface area contributed by atoms with Crippen LogP contribution in [0.4, 0.5) is 5.82 Å². The summed E-state index contributed by atoms with van der Waals surface area (Å²) in [7, 11) is 1.88. The number of hydrogen-bond acceptors (Lipinski definition) is 5. The van der Waals surface area contributed by atoms with Crippen molar-refractivity contribution in [3.05, 3.63) is 12.5 Å². The molecule has 0 saturated carbocycles. The topological polar surface area (TPSA) is 64.9 Å². The highest BCUT2D eigenvalue weighted by molar-refractivity contribution is 5.85. The first kappa shape index (κ1) is 11.4. The van der Waals surface area contributed by atoms with Crippen LogP contribution in [-0.2, 0) is 11.8 Å². The average Bonchev–Trinajstić information content (AvgIpc) is 2.80. The Morgan fingerprint density at radius 3 is 3.28 bits per heavy atom. The van der Waals surface area contributed by atoms with Gasteiger partial charge in [0.15, 0.2) is 5.65 Å². The molecule has 1 aliphatic rings. The van der Waals surface area contributed by atoms with Gasteiger partial charge in [-0.15, -0.1) is 0 Å². The van der Waals surface area contributed by atoms with Gasteiger partial charge in [0.1, 0.15) is 12.1 Å². The third kappa shape index (κ3) is 2.15. The zero-order valence-electron chi connectivity index (χ0n) is 10.5. The fraction of sp³-hybridized carbons (Fsp3) is 0.583. The van der Waals surface area contributed by atoms with Crippen LogP contribution in [0.2, 0.25) is 0 Å². The summed E-state index contributed by atoms with van der Waals surface area (Å²) in [5.74, 6) is 1.43. The number of ether oxygens (including phenoxy) is 1. The van der Waals surface area contributed by atoms with E-state index in [0.717, 1.165) is 43.0 Å². The standard InChI is InChI=1S/C12H17N5O/c1-17-12-10(6-16-17)11(14-8-15-12)13-5-9-3-2-4-18-7-9/h6,8-9H,2-5,7H2,1H3,(H,13,14,15). The summed E-state index contributed by atoms with van der Waals surface area (Å²) < 4.78 is 7.23. The van der Waals surface area contributed by atoms with Crippen LogP contribution in [0.5, 0.6) is 0 Å². The zero-order valence-corrected chi connectivity index (χ0v) is 10.5. The smallest absolute Gasteiger partial charge is 0.163 e. The van der Waals surface area contributed by atoms with Gasteiger partial charge in [0.2, 0.25) is 0 Å². The zero-order chi connectivity index (χ0) is 12.4. The molecule has 0 aliphatic carbocycles. The lowest BCUT2D eigenvalue weighted by molar-refractivity contribution is 0.0595. The second kappa shape index (κ2) is 4.89. The van der Waals surface area contributed by atoms with Crippen LogP contribution in [0, 0.1) is 5.92 Å². The van der Waals surface area contributed by atoms with Gasteiger partial charge < -0.3 is 10.1 Å². The molecule has 0 radical (unpaired) electrons. The van der Waals surface area contributed by atoms with E-state index in [4.69, 9.17) is 4.74 Å². The number of rotatable bonds is 3. The van der Waals surface area contributed by atoms with Crippen molar-refractivity contribution in [2.24, 2.45) is 13.0 Å². The Kier molecular flexibility index (Phi) is 3.10. The normalized spacial score (nSPS) is 20.2. The summed E-state index contributed by atoms with van der Waals surface area (Å²) in [6, 6.07) is 0. The van der Waals surface area contributed by atoms with E-state index in [9.17, 15) is 0 Å². The number of anilines is 1. The highest BCUT2D eigenvalue weighted by Crippen LogP contribution is 2.19. The molecule has 0 bridgehead atoms. The predicted octanol–water partition coefficient (Wildman–Crippen LogP) is 1.20. The van der Waals surface area contributed by atoms with Crippen molar-refractivity contribution in [1.29, 1.82) is 0 Å². The summed E-state index contributed by atoms with van der Waals surface area (Å²) in [4.78, 5) is 8.51. The number of fused-ring (bicyclic) bond motifs is 1. The van der Waals surface area contributed by atoms with Crippen LogP contribution in [0.15, 0.2) is 12.5 Å². The molecule has 2 aromatic heterocycles. The van der Waals surface area contributed by atoms with E-state index in [1.165, 1.54) is 6.42 Å². The van der Waals surface area contributed by atoms with E-state index in [1.54, 1.807) is 17.2 Å². The third-order valence-electron chi connectivity index (χ3n) is 3.34. The molecule has 3 heterocycles. The maximum atomic E-state index is 5.47. The second-order valence-corrected chi connectivity index (χ2v) is 4.69. The first-order valence-electron chi connectivity index (χ1n) is 6.29. The first-order chi connectivity index (χ1) is 8.84. The Morgan fingerprint density at radius 2 is 2.44 bits per heavy atom. The van der Waals surface area contributed by atoms with E-state index in [-0.39, 0.29) is 0 Å². The molecule has 1 saturated heterocycles. The molecular weight excluding hydrogens is 230 g/mol. The van der Waals surface area contributed by atoms with Crippen LogP contribution in [0.3, 0.4) is 0 Å². The van der Waals surface area contributed by atoms with Crippen LogP contribution < -0.4 is 5.32 Å². The highest BCUT2D eigenvalue weighted by Gasteiger charge is 2.15. The van der Waals surface area contributed by atoms with Crippen molar-refractivity contribution in [2.45, 2.75) is 12.8 Å². The SMILES string of the molecule is Cn1ncc2c(NCC3CCCOC3)ncnc21. The van der Waals surface area contributed by atoms with Crippen molar-refractivity contribution >= 4 is 16.9 Å². The van der Waals surface area contributed by atoms with Crippen molar-refractivity contribution in [2.75, 3.05) is 25.1 Å². The van der Waals surface area contributed by atoms with E-state index in [1.807, 2.05) is 7.05 Å². The lowest BCUT2D eigenvalue weighted by atomic mass is 10.0. The molecule has 6 nitrogen and oxygen atoms in total. The molecule has 1 fully saturated rings. The Balaban J connectivity index is 1.74. The summed E-state index contributed by atoms with van der Waals surface area (Å²) in [5, 5.41) is 8.56. The van der Waals surface area contributed by atoms with Gasteiger partial charge in [-0.2, -0.15) is 5.10 Å². The minimum atomic E-state index is 0.570. The molecule has 3 rings (SSSR count). The molecule has 0 amide bonds. The maximum absolute atomic E-state index is 5.47. The van der Waals surface area contributed by atoms with Gasteiger partial charge in [-0.3, -0.25) is 4.68 Å². The molecule has 1 atom stereocenters. The van der Waals surface area contributed by atoms with Gasteiger partial charge in [0.25, 0.3) is 0 Å². The number of aromatic nitrogens is 4. The molecule has 0 aromatic carbocycles. The Bertz CT molecular complexity index is 532. The molecule has 1 N–H and O–H groups in total. The summed E-state index contributed by atoms with van der Waals surface area (Å²) in [6.45, 7) is 2.63.